The van der Waals surface area contributed by atoms with Crippen LogP contribution in [0.3, 0.4) is 0 Å². The van der Waals surface area contributed by atoms with Gasteiger partial charge < -0.3 is 20.1 Å². The van der Waals surface area contributed by atoms with Gasteiger partial charge in [-0.1, -0.05) is 6.07 Å². The van der Waals surface area contributed by atoms with Gasteiger partial charge in [-0.3, -0.25) is 14.5 Å². The summed E-state index contributed by atoms with van der Waals surface area (Å²) in [7, 11) is 0. The molecule has 2 aromatic rings. The summed E-state index contributed by atoms with van der Waals surface area (Å²) in [6.45, 7) is 2.24. The molecule has 38 heavy (non-hydrogen) atoms. The third kappa shape index (κ3) is 3.40. The number of phenols is 1. The second kappa shape index (κ2) is 8.18. The van der Waals surface area contributed by atoms with Crippen molar-refractivity contribution in [3.63, 3.8) is 0 Å². The molecule has 8 rings (SSSR count). The van der Waals surface area contributed by atoms with Gasteiger partial charge >= 0.3 is 0 Å². The second-order valence-electron chi connectivity index (χ2n) is 13.2. The predicted molar refractivity (Wildman–Crippen MR) is 142 cm³/mol. The minimum Gasteiger partial charge on any atom is -0.508 e. The summed E-state index contributed by atoms with van der Waals surface area (Å²) in [5.74, 6) is 1.38. The van der Waals surface area contributed by atoms with E-state index in [0.717, 1.165) is 62.2 Å². The van der Waals surface area contributed by atoms with Gasteiger partial charge in [-0.2, -0.15) is 0 Å². The van der Waals surface area contributed by atoms with E-state index in [1.807, 2.05) is 23.1 Å². The number of amides is 1. The number of benzene rings is 1. The molecule has 3 saturated heterocycles. The highest BCUT2D eigenvalue weighted by atomic mass is 16.3. The summed E-state index contributed by atoms with van der Waals surface area (Å²) >= 11 is 0. The summed E-state index contributed by atoms with van der Waals surface area (Å²) in [5, 5.41) is 20.7. The number of phenolic OH excluding ortho intramolecular Hbond substituents is 1. The monoisotopic (exact) mass is 515 g/mol. The van der Waals surface area contributed by atoms with Gasteiger partial charge in [0.25, 0.3) is 11.5 Å². The number of H-pyrrole nitrogens is 1. The number of hydrogen-bond donors (Lipinski definition) is 3. The van der Waals surface area contributed by atoms with Gasteiger partial charge in [0.15, 0.2) is 0 Å². The highest BCUT2D eigenvalue weighted by Gasteiger charge is 2.56. The van der Waals surface area contributed by atoms with Crippen molar-refractivity contribution in [2.24, 2.45) is 11.8 Å². The number of hydrogen-bond acceptors (Lipinski definition) is 5. The average Bonchev–Trinajstić information content (AvgIpc) is 3.67. The van der Waals surface area contributed by atoms with Crippen LogP contribution in [0.1, 0.15) is 77.7 Å². The average molecular weight is 516 g/mol. The number of nitrogens with zero attached hydrogens (tertiary/aromatic N) is 2. The first-order valence-electron chi connectivity index (χ1n) is 14.7. The predicted octanol–water partition coefficient (Wildman–Crippen LogP) is 2.90. The van der Waals surface area contributed by atoms with Crippen molar-refractivity contribution >= 4 is 5.91 Å². The Morgan fingerprint density at radius 2 is 1.84 bits per heavy atom. The third-order valence-corrected chi connectivity index (χ3v) is 11.1. The lowest BCUT2D eigenvalue weighted by atomic mass is 9.52. The van der Waals surface area contributed by atoms with E-state index in [0.29, 0.717) is 30.6 Å². The topological polar surface area (TPSA) is 96.9 Å². The molecule has 0 spiro atoms. The number of pyridine rings is 1. The Hall–Kier alpha value is -2.64. The lowest BCUT2D eigenvalue weighted by Gasteiger charge is -2.59. The molecule has 4 bridgehead atoms. The first-order valence-corrected chi connectivity index (χ1v) is 14.7. The Bertz CT molecular complexity index is 1370. The summed E-state index contributed by atoms with van der Waals surface area (Å²) in [6, 6.07) is 8.34. The van der Waals surface area contributed by atoms with Crippen LogP contribution in [0.4, 0.5) is 0 Å². The number of fused-ring (bicyclic) bond motifs is 4. The third-order valence-electron chi connectivity index (χ3n) is 11.1. The summed E-state index contributed by atoms with van der Waals surface area (Å²) in [5.41, 5.74) is 4.56. The molecule has 3 aliphatic heterocycles. The molecule has 4 fully saturated rings. The molecule has 7 heteroatoms. The highest BCUT2D eigenvalue weighted by Crippen LogP contribution is 2.55. The fourth-order valence-electron chi connectivity index (χ4n) is 9.14. The number of aromatic nitrogens is 1. The van der Waals surface area contributed by atoms with Gasteiger partial charge in [-0.15, -0.1) is 0 Å². The van der Waals surface area contributed by atoms with E-state index < -0.39 is 0 Å². The zero-order valence-corrected chi connectivity index (χ0v) is 21.9. The Kier molecular flexibility index (Phi) is 5.01. The van der Waals surface area contributed by atoms with Crippen molar-refractivity contribution in [2.75, 3.05) is 13.1 Å². The second-order valence-corrected chi connectivity index (χ2v) is 13.2. The highest BCUT2D eigenvalue weighted by molar-refractivity contribution is 5.95. The minimum atomic E-state index is -0.346. The normalized spacial score (nSPS) is 35.4. The van der Waals surface area contributed by atoms with Crippen molar-refractivity contribution in [3.8, 4) is 5.75 Å². The van der Waals surface area contributed by atoms with E-state index in [2.05, 4.69) is 16.0 Å². The largest absolute Gasteiger partial charge is 0.508 e. The standard InChI is InChI=1S/C31H37N3O4/c35-22-6-3-18-11-28-26-10-19-9-24(30(38)34-20-4-5-21(34)13-23(36)12-20)29(37)32-27(19)15-31(26,25(18)14-22)7-8-33(28)16-17-1-2-17/h3,6,9,14,17,20-21,23,26,28,35-36H,1-2,4-5,7-8,10-13,15-16H2,(H,32,37)/t20-,21+,23?,26-,28+,31+/m0/s1. The van der Waals surface area contributed by atoms with Crippen LogP contribution in [0.5, 0.6) is 5.75 Å². The van der Waals surface area contributed by atoms with Crippen LogP contribution in [0.25, 0.3) is 0 Å². The quantitative estimate of drug-likeness (QED) is 0.584. The Balaban J connectivity index is 1.18. The van der Waals surface area contributed by atoms with Crippen LogP contribution < -0.4 is 5.56 Å². The first kappa shape index (κ1) is 23.3. The van der Waals surface area contributed by atoms with E-state index in [1.165, 1.54) is 30.5 Å². The van der Waals surface area contributed by atoms with Crippen molar-refractivity contribution in [2.45, 2.75) is 93.9 Å². The molecule has 3 aliphatic carbocycles. The molecule has 0 radical (unpaired) electrons. The zero-order valence-electron chi connectivity index (χ0n) is 21.9. The lowest BCUT2D eigenvalue weighted by molar-refractivity contribution is 0.00454. The molecular weight excluding hydrogens is 478 g/mol. The lowest BCUT2D eigenvalue weighted by Crippen LogP contribution is -2.63. The number of aliphatic hydroxyl groups excluding tert-OH is 1. The number of nitrogens with one attached hydrogen (secondary N) is 1. The Morgan fingerprint density at radius 1 is 1.05 bits per heavy atom. The maximum absolute atomic E-state index is 13.7. The number of piperidine rings is 2. The van der Waals surface area contributed by atoms with Crippen LogP contribution in [-0.2, 0) is 24.7 Å². The number of likely N-dealkylation sites (tertiary alicyclic amines) is 1. The molecule has 6 atom stereocenters. The fraction of sp³-hybridized carbons (Fsp3) is 0.613. The summed E-state index contributed by atoms with van der Waals surface area (Å²) < 4.78 is 0. The molecule has 200 valence electrons. The molecule has 3 N–H and O–H groups in total. The smallest absolute Gasteiger partial charge is 0.261 e. The van der Waals surface area contributed by atoms with Crippen LogP contribution in [-0.4, -0.2) is 68.2 Å². The maximum Gasteiger partial charge on any atom is 0.261 e. The van der Waals surface area contributed by atoms with Gasteiger partial charge in [0, 0.05) is 35.8 Å². The maximum atomic E-state index is 13.7. The van der Waals surface area contributed by atoms with E-state index in [4.69, 9.17) is 0 Å². The molecule has 1 amide bonds. The fourth-order valence-corrected chi connectivity index (χ4v) is 9.14. The number of aromatic amines is 1. The number of aromatic hydroxyl groups is 1. The number of rotatable bonds is 3. The van der Waals surface area contributed by atoms with Crippen molar-refractivity contribution in [3.05, 3.63) is 62.6 Å². The van der Waals surface area contributed by atoms with Crippen LogP contribution >= 0.6 is 0 Å². The summed E-state index contributed by atoms with van der Waals surface area (Å²) in [6.07, 6.45) is 9.00. The van der Waals surface area contributed by atoms with E-state index in [-0.39, 0.29) is 40.6 Å². The Labute approximate surface area is 222 Å². The minimum absolute atomic E-state index is 0.0350. The van der Waals surface area contributed by atoms with Crippen LogP contribution in [0, 0.1) is 11.8 Å². The molecule has 1 aromatic heterocycles. The van der Waals surface area contributed by atoms with Gasteiger partial charge in [-0.05, 0) is 117 Å². The van der Waals surface area contributed by atoms with Gasteiger partial charge in [0.2, 0.25) is 0 Å². The van der Waals surface area contributed by atoms with Crippen LogP contribution in [0.2, 0.25) is 0 Å². The van der Waals surface area contributed by atoms with Crippen molar-refractivity contribution < 1.29 is 15.0 Å². The SMILES string of the molecule is O=C(c1cc2c([nH]c1=O)C[C@]13CCN(CC4CC4)[C@H](Cc4ccc(O)cc41)[C@@H]3C2)N1[C@@H]2CC[C@H]1CC(O)C2. The molecule has 1 saturated carbocycles. The molecule has 6 aliphatic rings. The number of aliphatic hydroxyl groups is 1. The van der Waals surface area contributed by atoms with Crippen LogP contribution in [0.15, 0.2) is 29.1 Å². The van der Waals surface area contributed by atoms with Crippen molar-refractivity contribution in [1.29, 1.82) is 0 Å². The number of carbonyl (C=O) groups excluding carboxylic acids is 1. The summed E-state index contributed by atoms with van der Waals surface area (Å²) in [4.78, 5) is 34.9. The number of carbonyl (C=O) groups is 1. The first-order chi connectivity index (χ1) is 18.4. The zero-order chi connectivity index (χ0) is 25.8. The van der Waals surface area contributed by atoms with E-state index >= 15 is 0 Å². The van der Waals surface area contributed by atoms with E-state index in [1.54, 1.807) is 0 Å². The molecule has 4 heterocycles. The molecular formula is C31H37N3O4. The van der Waals surface area contributed by atoms with E-state index in [9.17, 15) is 19.8 Å². The van der Waals surface area contributed by atoms with Crippen molar-refractivity contribution in [1.82, 2.24) is 14.8 Å². The van der Waals surface area contributed by atoms with Gasteiger partial charge in [-0.25, -0.2) is 0 Å². The van der Waals surface area contributed by atoms with Gasteiger partial charge in [0.05, 0.1) is 6.10 Å². The Morgan fingerprint density at radius 3 is 2.61 bits per heavy atom. The molecule has 7 nitrogen and oxygen atoms in total. The molecule has 1 aromatic carbocycles. The van der Waals surface area contributed by atoms with Gasteiger partial charge in [0.1, 0.15) is 11.3 Å². The molecule has 1 unspecified atom stereocenters.